The Hall–Kier alpha value is -3.86. The molecule has 3 aromatic carbocycles. The molecule has 11 heteroatoms. The van der Waals surface area contributed by atoms with Gasteiger partial charge in [-0.15, -0.1) is 0 Å². The maximum absolute atomic E-state index is 12.9. The average molecular weight is 491 g/mol. The summed E-state index contributed by atoms with van der Waals surface area (Å²) in [5.74, 6) is -0.867. The van der Waals surface area contributed by atoms with Crippen LogP contribution in [0.3, 0.4) is 0 Å². The maximum Gasteiger partial charge on any atom is 0.416 e. The van der Waals surface area contributed by atoms with Gasteiger partial charge in [-0.05, 0) is 67.1 Å². The molecule has 0 aliphatic rings. The molecule has 0 aromatic heterocycles. The fourth-order valence-corrected chi connectivity index (χ4v) is 4.06. The minimum Gasteiger partial charge on any atom is -0.325 e. The number of carbonyl (C=O) groups excluding carboxylic acids is 2. The predicted octanol–water partition coefficient (Wildman–Crippen LogP) is 5.03. The fraction of sp³-hybridized carbons (Fsp3) is 0.130. The molecule has 178 valence electrons. The minimum atomic E-state index is -4.62. The zero-order valence-electron chi connectivity index (χ0n) is 18.0. The van der Waals surface area contributed by atoms with Crippen LogP contribution in [0.1, 0.15) is 28.4 Å². The Kier molecular flexibility index (Phi) is 6.96. The minimum absolute atomic E-state index is 0.133. The number of nitrogens with one attached hydrogen (secondary N) is 3. The van der Waals surface area contributed by atoms with Crippen LogP contribution < -0.4 is 15.4 Å². The number of benzene rings is 3. The number of anilines is 3. The van der Waals surface area contributed by atoms with Gasteiger partial charge in [-0.1, -0.05) is 12.1 Å². The third kappa shape index (κ3) is 6.13. The molecular formula is C23H20F3N3O4S. The quantitative estimate of drug-likeness (QED) is 0.450. The van der Waals surface area contributed by atoms with Crippen LogP contribution in [0.15, 0.2) is 71.6 Å². The molecule has 0 aliphatic heterocycles. The number of halogens is 3. The summed E-state index contributed by atoms with van der Waals surface area (Å²) >= 11 is 0. The van der Waals surface area contributed by atoms with Crippen LogP contribution in [0, 0.1) is 6.92 Å². The van der Waals surface area contributed by atoms with Crippen molar-refractivity contribution >= 4 is 38.9 Å². The van der Waals surface area contributed by atoms with Crippen molar-refractivity contribution in [3.63, 3.8) is 0 Å². The summed E-state index contributed by atoms with van der Waals surface area (Å²) < 4.78 is 65.9. The van der Waals surface area contributed by atoms with E-state index >= 15 is 0 Å². The molecule has 3 aromatic rings. The number of aryl methyl sites for hydroxylation is 1. The Morgan fingerprint density at radius 3 is 2.15 bits per heavy atom. The largest absolute Gasteiger partial charge is 0.416 e. The van der Waals surface area contributed by atoms with Crippen molar-refractivity contribution < 1.29 is 31.2 Å². The van der Waals surface area contributed by atoms with Gasteiger partial charge < -0.3 is 10.6 Å². The van der Waals surface area contributed by atoms with E-state index in [4.69, 9.17) is 0 Å². The molecule has 0 aliphatic carbocycles. The van der Waals surface area contributed by atoms with Crippen molar-refractivity contribution in [1.29, 1.82) is 0 Å². The number of alkyl halides is 3. The van der Waals surface area contributed by atoms with Crippen molar-refractivity contribution in [2.45, 2.75) is 24.9 Å². The summed E-state index contributed by atoms with van der Waals surface area (Å²) in [5.41, 5.74) is 0.495. The van der Waals surface area contributed by atoms with Crippen LogP contribution in [-0.4, -0.2) is 20.2 Å². The molecule has 0 radical (unpaired) electrons. The molecule has 0 saturated carbocycles. The van der Waals surface area contributed by atoms with Crippen molar-refractivity contribution in [1.82, 2.24) is 0 Å². The van der Waals surface area contributed by atoms with Crippen LogP contribution in [0.4, 0.5) is 30.2 Å². The van der Waals surface area contributed by atoms with Gasteiger partial charge in [0.05, 0.1) is 21.8 Å². The number of hydrogen-bond acceptors (Lipinski definition) is 4. The summed E-state index contributed by atoms with van der Waals surface area (Å²) in [4.78, 5) is 23.8. The Bertz CT molecular complexity index is 1340. The Morgan fingerprint density at radius 2 is 1.53 bits per heavy atom. The molecule has 0 fully saturated rings. The molecule has 3 N–H and O–H groups in total. The van der Waals surface area contributed by atoms with E-state index in [1.807, 2.05) is 6.92 Å². The van der Waals surface area contributed by atoms with Crippen LogP contribution in [0.5, 0.6) is 0 Å². The van der Waals surface area contributed by atoms with Gasteiger partial charge in [-0.2, -0.15) is 13.2 Å². The highest BCUT2D eigenvalue weighted by Crippen LogP contribution is 2.31. The first kappa shape index (κ1) is 24.8. The van der Waals surface area contributed by atoms with E-state index in [9.17, 15) is 31.2 Å². The van der Waals surface area contributed by atoms with Gasteiger partial charge in [0.15, 0.2) is 0 Å². The smallest absolute Gasteiger partial charge is 0.325 e. The lowest BCUT2D eigenvalue weighted by atomic mass is 10.1. The van der Waals surface area contributed by atoms with E-state index < -0.39 is 27.7 Å². The molecule has 7 nitrogen and oxygen atoms in total. The fourth-order valence-electron chi connectivity index (χ4n) is 3.01. The highest BCUT2D eigenvalue weighted by atomic mass is 32.2. The van der Waals surface area contributed by atoms with E-state index in [1.165, 1.54) is 25.1 Å². The van der Waals surface area contributed by atoms with Gasteiger partial charge in [0.25, 0.3) is 15.9 Å². The summed E-state index contributed by atoms with van der Waals surface area (Å²) in [5, 5.41) is 5.28. The molecule has 2 amide bonds. The number of sulfonamides is 1. The van der Waals surface area contributed by atoms with Crippen molar-refractivity contribution in [2.75, 3.05) is 15.4 Å². The lowest BCUT2D eigenvalue weighted by Gasteiger charge is -2.13. The highest BCUT2D eigenvalue weighted by molar-refractivity contribution is 7.92. The van der Waals surface area contributed by atoms with Gasteiger partial charge in [0.2, 0.25) is 5.91 Å². The molecule has 0 atom stereocenters. The predicted molar refractivity (Wildman–Crippen MR) is 122 cm³/mol. The van der Waals surface area contributed by atoms with Crippen LogP contribution in [-0.2, 0) is 21.0 Å². The standard InChI is InChI=1S/C23H20F3N3O4S/c1-14-6-11-20(27-15(2)30)21(12-14)28-22(31)16-7-9-19(10-8-16)34(32,33)29-18-5-3-4-17(13-18)23(24,25)26/h3-13,29H,1-2H3,(H,27,30)(H,28,31). The first-order chi connectivity index (χ1) is 15.8. The van der Waals surface area contributed by atoms with E-state index in [2.05, 4.69) is 15.4 Å². The molecule has 0 heterocycles. The summed E-state index contributed by atoms with van der Waals surface area (Å²) in [6.45, 7) is 3.14. The van der Waals surface area contributed by atoms with Crippen LogP contribution in [0.2, 0.25) is 0 Å². The normalized spacial score (nSPS) is 11.6. The second-order valence-corrected chi connectivity index (χ2v) is 9.08. The Labute approximate surface area is 194 Å². The second kappa shape index (κ2) is 9.56. The SMILES string of the molecule is CC(=O)Nc1ccc(C)cc1NC(=O)c1ccc(S(=O)(=O)Nc2cccc(C(F)(F)F)c2)cc1. The summed E-state index contributed by atoms with van der Waals surface area (Å²) in [6, 6.07) is 13.7. The molecule has 0 saturated heterocycles. The molecule has 3 rings (SSSR count). The molecule has 0 spiro atoms. The monoisotopic (exact) mass is 491 g/mol. The van der Waals surface area contributed by atoms with Gasteiger partial charge in [-0.3, -0.25) is 14.3 Å². The lowest BCUT2D eigenvalue weighted by Crippen LogP contribution is -2.16. The number of hydrogen-bond donors (Lipinski definition) is 3. The topological polar surface area (TPSA) is 104 Å². The number of rotatable bonds is 6. The first-order valence-corrected chi connectivity index (χ1v) is 11.3. The van der Waals surface area contributed by atoms with E-state index in [0.717, 1.165) is 29.8 Å². The van der Waals surface area contributed by atoms with E-state index in [0.29, 0.717) is 17.4 Å². The van der Waals surface area contributed by atoms with Gasteiger partial charge in [0, 0.05) is 18.2 Å². The molecule has 34 heavy (non-hydrogen) atoms. The lowest BCUT2D eigenvalue weighted by molar-refractivity contribution is -0.137. The average Bonchev–Trinajstić information content (AvgIpc) is 2.75. The Morgan fingerprint density at radius 1 is 0.853 bits per heavy atom. The van der Waals surface area contributed by atoms with Crippen LogP contribution in [0.25, 0.3) is 0 Å². The summed E-state index contributed by atoms with van der Waals surface area (Å²) in [6.07, 6.45) is -4.62. The molecule has 0 bridgehead atoms. The zero-order valence-corrected chi connectivity index (χ0v) is 18.8. The van der Waals surface area contributed by atoms with Gasteiger partial charge in [0.1, 0.15) is 0 Å². The maximum atomic E-state index is 12.9. The van der Waals surface area contributed by atoms with Crippen molar-refractivity contribution in [3.05, 3.63) is 83.4 Å². The third-order valence-electron chi connectivity index (χ3n) is 4.60. The van der Waals surface area contributed by atoms with E-state index in [1.54, 1.807) is 18.2 Å². The number of carbonyl (C=O) groups is 2. The van der Waals surface area contributed by atoms with Crippen molar-refractivity contribution in [3.8, 4) is 0 Å². The summed E-state index contributed by atoms with van der Waals surface area (Å²) in [7, 11) is -4.20. The van der Waals surface area contributed by atoms with Gasteiger partial charge >= 0.3 is 6.18 Å². The van der Waals surface area contributed by atoms with E-state index in [-0.39, 0.29) is 22.1 Å². The van der Waals surface area contributed by atoms with Gasteiger partial charge in [-0.25, -0.2) is 8.42 Å². The second-order valence-electron chi connectivity index (χ2n) is 7.39. The number of amides is 2. The first-order valence-electron chi connectivity index (χ1n) is 9.85. The third-order valence-corrected chi connectivity index (χ3v) is 6.00. The highest BCUT2D eigenvalue weighted by Gasteiger charge is 2.30. The Balaban J connectivity index is 1.78. The molecule has 0 unspecified atom stereocenters. The zero-order chi connectivity index (χ0) is 25.1. The molecular weight excluding hydrogens is 471 g/mol. The van der Waals surface area contributed by atoms with Crippen molar-refractivity contribution in [2.24, 2.45) is 0 Å². The van der Waals surface area contributed by atoms with Crippen LogP contribution >= 0.6 is 0 Å².